The molecule has 0 atom stereocenters. The Bertz CT molecular complexity index is 372. The summed E-state index contributed by atoms with van der Waals surface area (Å²) in [5.74, 6) is -1.14. The number of aliphatic hydroxyl groups is 1. The first-order valence-corrected chi connectivity index (χ1v) is 4.70. The molecule has 0 bridgehead atoms. The minimum Gasteiger partial charge on any atom is -0.395 e. The Hall–Kier alpha value is -1.69. The van der Waals surface area contributed by atoms with Crippen LogP contribution in [0.3, 0.4) is 0 Å². The topological polar surface area (TPSA) is 61.4 Å². The summed E-state index contributed by atoms with van der Waals surface area (Å²) in [5.41, 5.74) is 0.0687. The molecule has 0 heterocycles. The van der Waals surface area contributed by atoms with Gasteiger partial charge in [-0.1, -0.05) is 0 Å². The van der Waals surface area contributed by atoms with Gasteiger partial charge in [-0.05, 0) is 18.2 Å². The molecule has 3 N–H and O–H groups in total. The number of nitrogens with one attached hydrogen (secondary N) is 2. The number of hydrogen-bond acceptors (Lipinski definition) is 2. The van der Waals surface area contributed by atoms with Crippen molar-refractivity contribution in [1.29, 1.82) is 0 Å². The summed E-state index contributed by atoms with van der Waals surface area (Å²) in [6.07, 6.45) is 0. The van der Waals surface area contributed by atoms with E-state index in [4.69, 9.17) is 5.11 Å². The summed E-state index contributed by atoms with van der Waals surface area (Å²) in [4.78, 5) is 11.0. The van der Waals surface area contributed by atoms with Crippen molar-refractivity contribution in [2.45, 2.75) is 6.54 Å². The second-order valence-corrected chi connectivity index (χ2v) is 3.07. The Balaban J connectivity index is 2.47. The van der Waals surface area contributed by atoms with E-state index < -0.39 is 17.7 Å². The number of aliphatic hydroxyl groups excluding tert-OH is 1. The summed E-state index contributed by atoms with van der Waals surface area (Å²) in [6, 6.07) is 2.47. The van der Waals surface area contributed by atoms with Crippen molar-refractivity contribution in [3.63, 3.8) is 0 Å². The molecule has 0 aliphatic heterocycles. The van der Waals surface area contributed by atoms with Crippen LogP contribution in [0.1, 0.15) is 5.56 Å². The van der Waals surface area contributed by atoms with E-state index in [0.29, 0.717) is 0 Å². The molecular formula is C10H12F2N2O2. The van der Waals surface area contributed by atoms with Gasteiger partial charge in [-0.2, -0.15) is 0 Å². The first-order valence-electron chi connectivity index (χ1n) is 4.70. The van der Waals surface area contributed by atoms with Crippen molar-refractivity contribution in [2.24, 2.45) is 0 Å². The third-order valence-corrected chi connectivity index (χ3v) is 1.84. The number of rotatable bonds is 4. The zero-order valence-corrected chi connectivity index (χ0v) is 8.46. The highest BCUT2D eigenvalue weighted by Crippen LogP contribution is 2.08. The number of benzene rings is 1. The molecular weight excluding hydrogens is 218 g/mol. The fourth-order valence-electron chi connectivity index (χ4n) is 1.09. The number of halogens is 2. The highest BCUT2D eigenvalue weighted by molar-refractivity contribution is 5.73. The lowest BCUT2D eigenvalue weighted by Crippen LogP contribution is -2.36. The Morgan fingerprint density at radius 1 is 1.31 bits per heavy atom. The van der Waals surface area contributed by atoms with E-state index >= 15 is 0 Å². The normalized spacial score (nSPS) is 9.94. The monoisotopic (exact) mass is 230 g/mol. The fourth-order valence-corrected chi connectivity index (χ4v) is 1.09. The molecule has 1 rings (SSSR count). The molecule has 16 heavy (non-hydrogen) atoms. The number of amides is 2. The molecule has 0 saturated heterocycles. The van der Waals surface area contributed by atoms with E-state index in [0.717, 1.165) is 18.2 Å². The van der Waals surface area contributed by atoms with Crippen LogP contribution in [-0.2, 0) is 6.54 Å². The lowest BCUT2D eigenvalue weighted by Gasteiger charge is -2.07. The van der Waals surface area contributed by atoms with Gasteiger partial charge in [0.2, 0.25) is 0 Å². The molecule has 0 aliphatic rings. The van der Waals surface area contributed by atoms with Gasteiger partial charge in [0.1, 0.15) is 11.6 Å². The summed E-state index contributed by atoms with van der Waals surface area (Å²) < 4.78 is 25.8. The number of carbonyl (C=O) groups excluding carboxylic acids is 1. The minimum absolute atomic E-state index is 0.0687. The van der Waals surface area contributed by atoms with Crippen LogP contribution in [0.25, 0.3) is 0 Å². The number of carbonyl (C=O) groups is 1. The van der Waals surface area contributed by atoms with Gasteiger partial charge in [0.15, 0.2) is 0 Å². The molecule has 0 fully saturated rings. The molecule has 1 aromatic rings. The standard InChI is InChI=1S/C10H12F2N2O2/c11-8-1-2-9(12)7(5-8)6-14-10(16)13-3-4-15/h1-2,5,15H,3-4,6H2,(H2,13,14,16). The SMILES string of the molecule is O=C(NCCO)NCc1cc(F)ccc1F. The minimum atomic E-state index is -0.580. The van der Waals surface area contributed by atoms with E-state index in [2.05, 4.69) is 10.6 Å². The van der Waals surface area contributed by atoms with Crippen LogP contribution in [0.15, 0.2) is 18.2 Å². The molecule has 0 aliphatic carbocycles. The lowest BCUT2D eigenvalue weighted by molar-refractivity contribution is 0.233. The van der Waals surface area contributed by atoms with Crippen molar-refractivity contribution >= 4 is 6.03 Å². The van der Waals surface area contributed by atoms with Crippen LogP contribution in [0, 0.1) is 11.6 Å². The molecule has 0 spiro atoms. The van der Waals surface area contributed by atoms with Gasteiger partial charge in [-0.15, -0.1) is 0 Å². The van der Waals surface area contributed by atoms with Crippen LogP contribution in [0.4, 0.5) is 13.6 Å². The second-order valence-electron chi connectivity index (χ2n) is 3.07. The smallest absolute Gasteiger partial charge is 0.315 e. The van der Waals surface area contributed by atoms with Crippen molar-refractivity contribution in [3.05, 3.63) is 35.4 Å². The fraction of sp³-hybridized carbons (Fsp3) is 0.300. The third kappa shape index (κ3) is 3.82. The quantitative estimate of drug-likeness (QED) is 0.715. The molecule has 0 radical (unpaired) electrons. The van der Waals surface area contributed by atoms with E-state index in [1.54, 1.807) is 0 Å². The Kier molecular flexibility index (Phi) is 4.65. The molecule has 6 heteroatoms. The average Bonchev–Trinajstić information content (AvgIpc) is 2.27. The maximum atomic E-state index is 13.1. The Labute approximate surface area is 91.3 Å². The Morgan fingerprint density at radius 2 is 2.06 bits per heavy atom. The van der Waals surface area contributed by atoms with Gasteiger partial charge in [0.05, 0.1) is 6.61 Å². The third-order valence-electron chi connectivity index (χ3n) is 1.84. The molecule has 2 amide bonds. The molecule has 88 valence electrons. The average molecular weight is 230 g/mol. The molecule has 0 aromatic heterocycles. The molecule has 0 unspecified atom stereocenters. The highest BCUT2D eigenvalue weighted by Gasteiger charge is 2.05. The van der Waals surface area contributed by atoms with Crippen LogP contribution in [0.5, 0.6) is 0 Å². The predicted octanol–water partition coefficient (Wildman–Crippen LogP) is 0.756. The maximum Gasteiger partial charge on any atom is 0.315 e. The van der Waals surface area contributed by atoms with Crippen molar-refractivity contribution in [2.75, 3.05) is 13.2 Å². The molecule has 1 aromatic carbocycles. The van der Waals surface area contributed by atoms with Crippen molar-refractivity contribution in [3.8, 4) is 0 Å². The summed E-state index contributed by atoms with van der Waals surface area (Å²) >= 11 is 0. The van der Waals surface area contributed by atoms with Gasteiger partial charge >= 0.3 is 6.03 Å². The predicted molar refractivity (Wildman–Crippen MR) is 53.7 cm³/mol. The van der Waals surface area contributed by atoms with Crippen LogP contribution >= 0.6 is 0 Å². The van der Waals surface area contributed by atoms with Crippen LogP contribution in [0.2, 0.25) is 0 Å². The summed E-state index contributed by atoms with van der Waals surface area (Å²) in [6.45, 7) is -0.180. The van der Waals surface area contributed by atoms with E-state index in [1.165, 1.54) is 0 Å². The van der Waals surface area contributed by atoms with E-state index in [-0.39, 0.29) is 25.3 Å². The first kappa shape index (κ1) is 12.4. The van der Waals surface area contributed by atoms with Gasteiger partial charge < -0.3 is 15.7 Å². The van der Waals surface area contributed by atoms with Gasteiger partial charge in [-0.25, -0.2) is 13.6 Å². The van der Waals surface area contributed by atoms with Crippen LogP contribution < -0.4 is 10.6 Å². The van der Waals surface area contributed by atoms with Crippen molar-refractivity contribution < 1.29 is 18.7 Å². The Morgan fingerprint density at radius 3 is 2.75 bits per heavy atom. The van der Waals surface area contributed by atoms with Crippen molar-refractivity contribution in [1.82, 2.24) is 10.6 Å². The highest BCUT2D eigenvalue weighted by atomic mass is 19.1. The lowest BCUT2D eigenvalue weighted by atomic mass is 10.2. The van der Waals surface area contributed by atoms with Crippen LogP contribution in [-0.4, -0.2) is 24.3 Å². The molecule has 0 saturated carbocycles. The maximum absolute atomic E-state index is 13.1. The zero-order valence-electron chi connectivity index (χ0n) is 8.46. The summed E-state index contributed by atoms with van der Waals surface area (Å²) in [5, 5.41) is 13.1. The van der Waals surface area contributed by atoms with E-state index in [9.17, 15) is 13.6 Å². The van der Waals surface area contributed by atoms with Gasteiger partial charge in [-0.3, -0.25) is 0 Å². The van der Waals surface area contributed by atoms with Gasteiger partial charge in [0.25, 0.3) is 0 Å². The first-order chi connectivity index (χ1) is 7.63. The zero-order chi connectivity index (χ0) is 12.0. The van der Waals surface area contributed by atoms with E-state index in [1.807, 2.05) is 0 Å². The summed E-state index contributed by atoms with van der Waals surface area (Å²) in [7, 11) is 0. The second kappa shape index (κ2) is 6.02. The number of hydrogen-bond donors (Lipinski definition) is 3. The molecule has 4 nitrogen and oxygen atoms in total. The van der Waals surface area contributed by atoms with Gasteiger partial charge in [0, 0.05) is 18.7 Å². The number of urea groups is 1. The largest absolute Gasteiger partial charge is 0.395 e.